The number of carbonyl (C=O) groups is 1. The Morgan fingerprint density at radius 3 is 2.42 bits per heavy atom. The first-order valence-corrected chi connectivity index (χ1v) is 12.6. The van der Waals surface area contributed by atoms with Crippen LogP contribution < -0.4 is 10.6 Å². The van der Waals surface area contributed by atoms with Crippen molar-refractivity contribution in [2.45, 2.75) is 40.7 Å². The molecule has 3 aromatic rings. The second-order valence-electron chi connectivity index (χ2n) is 10.6. The number of ether oxygens (including phenoxy) is 1. The monoisotopic (exact) mass is 511 g/mol. The first-order valence-electron chi connectivity index (χ1n) is 11.9. The number of phenols is 1. The van der Waals surface area contributed by atoms with Gasteiger partial charge in [0.1, 0.15) is 5.76 Å². The number of fused-ring (bicyclic) bond motifs is 1. The van der Waals surface area contributed by atoms with Gasteiger partial charge in [-0.2, -0.15) is 8.75 Å². The Labute approximate surface area is 215 Å². The number of para-hydroxylation sites is 1. The summed E-state index contributed by atoms with van der Waals surface area (Å²) >= 11 is 1.03. The largest absolute Gasteiger partial charge is 0.505 e. The summed E-state index contributed by atoms with van der Waals surface area (Å²) in [5.74, 6) is 2.00. The van der Waals surface area contributed by atoms with Gasteiger partial charge in [-0.3, -0.25) is 4.79 Å². The summed E-state index contributed by atoms with van der Waals surface area (Å²) in [6, 6.07) is 4.75. The zero-order valence-electron chi connectivity index (χ0n) is 21.7. The minimum atomic E-state index is -0.308. The summed E-state index contributed by atoms with van der Waals surface area (Å²) < 4.78 is 14.6. The lowest BCUT2D eigenvalue weighted by molar-refractivity contribution is 0.0824. The molecule has 11 heteroatoms. The van der Waals surface area contributed by atoms with Crippen LogP contribution in [0, 0.1) is 17.3 Å². The lowest BCUT2D eigenvalue weighted by atomic mass is 9.84. The number of hydrogen-bond donors (Lipinski definition) is 3. The lowest BCUT2D eigenvalue weighted by Gasteiger charge is -2.32. The Kier molecular flexibility index (Phi) is 7.03. The molecule has 1 amide bonds. The third-order valence-electron chi connectivity index (χ3n) is 6.15. The molecule has 1 aromatic carbocycles. The fourth-order valence-corrected chi connectivity index (χ4v) is 4.37. The van der Waals surface area contributed by atoms with Crippen LogP contribution in [0.5, 0.6) is 5.75 Å². The molecule has 10 nitrogen and oxygen atoms in total. The highest BCUT2D eigenvalue weighted by atomic mass is 32.1. The summed E-state index contributed by atoms with van der Waals surface area (Å²) in [5, 5.41) is 17.5. The van der Waals surface area contributed by atoms with Gasteiger partial charge in [-0.15, -0.1) is 0 Å². The van der Waals surface area contributed by atoms with E-state index in [9.17, 15) is 9.90 Å². The normalized spacial score (nSPS) is 16.6. The maximum atomic E-state index is 12.5. The van der Waals surface area contributed by atoms with Gasteiger partial charge in [0.05, 0.1) is 35.6 Å². The smallest absolute Gasteiger partial charge is 0.257 e. The molecule has 3 N–H and O–H groups in total. The van der Waals surface area contributed by atoms with E-state index in [1.54, 1.807) is 32.3 Å². The van der Waals surface area contributed by atoms with Gasteiger partial charge in [0, 0.05) is 20.0 Å². The molecule has 1 aliphatic heterocycles. The van der Waals surface area contributed by atoms with E-state index < -0.39 is 0 Å². The van der Waals surface area contributed by atoms with E-state index in [2.05, 4.69) is 70.0 Å². The lowest BCUT2D eigenvalue weighted by Crippen LogP contribution is -2.36. The van der Waals surface area contributed by atoms with E-state index in [1.807, 2.05) is 0 Å². The summed E-state index contributed by atoms with van der Waals surface area (Å²) in [5.41, 5.74) is 1.10. The van der Waals surface area contributed by atoms with Gasteiger partial charge in [0.2, 0.25) is 11.3 Å². The third kappa shape index (κ3) is 5.20. The van der Waals surface area contributed by atoms with Gasteiger partial charge in [-0.25, -0.2) is 9.97 Å². The number of nitrogens with zero attached hydrogens (tertiary/aromatic N) is 5. The zero-order chi connectivity index (χ0) is 26.2. The van der Waals surface area contributed by atoms with Gasteiger partial charge >= 0.3 is 0 Å². The van der Waals surface area contributed by atoms with Crippen molar-refractivity contribution in [3.63, 3.8) is 0 Å². The second-order valence-corrected chi connectivity index (χ2v) is 11.1. The van der Waals surface area contributed by atoms with E-state index in [4.69, 9.17) is 4.74 Å². The van der Waals surface area contributed by atoms with Crippen LogP contribution in [0.2, 0.25) is 0 Å². The average molecular weight is 512 g/mol. The van der Waals surface area contributed by atoms with Crippen LogP contribution in [0.4, 0.5) is 17.3 Å². The number of nitrogens with one attached hydrogen (secondary N) is 2. The highest BCUT2D eigenvalue weighted by Gasteiger charge is 2.35. The van der Waals surface area contributed by atoms with Crippen LogP contribution in [0.3, 0.4) is 0 Å². The van der Waals surface area contributed by atoms with Crippen molar-refractivity contribution < 1.29 is 14.6 Å². The van der Waals surface area contributed by atoms with Crippen LogP contribution in [0.25, 0.3) is 11.3 Å². The predicted molar refractivity (Wildman–Crippen MR) is 142 cm³/mol. The van der Waals surface area contributed by atoms with Gasteiger partial charge < -0.3 is 25.4 Å². The molecule has 0 spiro atoms. The second kappa shape index (κ2) is 9.88. The van der Waals surface area contributed by atoms with Crippen LogP contribution >= 0.6 is 11.7 Å². The highest BCUT2D eigenvalue weighted by Crippen LogP contribution is 2.37. The Bertz CT molecular complexity index is 1300. The maximum Gasteiger partial charge on any atom is 0.257 e. The number of carbonyl (C=O) groups excluding carboxylic acids is 1. The molecular formula is C25H33N7O3S. The van der Waals surface area contributed by atoms with Gasteiger partial charge in [-0.05, 0) is 29.5 Å². The van der Waals surface area contributed by atoms with Gasteiger partial charge in [0.25, 0.3) is 5.91 Å². The minimum Gasteiger partial charge on any atom is -0.505 e. The summed E-state index contributed by atoms with van der Waals surface area (Å²) in [7, 11) is 3.27. The molecule has 2 aromatic heterocycles. The molecule has 1 aliphatic rings. The van der Waals surface area contributed by atoms with Crippen molar-refractivity contribution in [3.05, 3.63) is 35.6 Å². The summed E-state index contributed by atoms with van der Waals surface area (Å²) in [6.07, 6.45) is 2.19. The van der Waals surface area contributed by atoms with Crippen LogP contribution in [0.1, 0.15) is 45.0 Å². The molecule has 192 valence electrons. The molecule has 0 saturated carbocycles. The molecular weight excluding hydrogens is 478 g/mol. The molecule has 0 bridgehead atoms. The SMILES string of the molecule is CC(C)C1C=C([C@H](Nc2nc3nsnc3nc2Nc2cccc(C(=O)N(C)C)c2O)C(C)(C)C)OC1. The first-order chi connectivity index (χ1) is 17.0. The van der Waals surface area contributed by atoms with Crippen molar-refractivity contribution in [2.75, 3.05) is 31.3 Å². The predicted octanol–water partition coefficient (Wildman–Crippen LogP) is 4.65. The van der Waals surface area contributed by atoms with E-state index in [1.165, 1.54) is 4.90 Å². The van der Waals surface area contributed by atoms with Crippen LogP contribution in [-0.2, 0) is 4.74 Å². The molecule has 4 rings (SSSR count). The van der Waals surface area contributed by atoms with E-state index in [0.717, 1.165) is 17.5 Å². The molecule has 0 fully saturated rings. The Hall–Kier alpha value is -3.47. The van der Waals surface area contributed by atoms with Crippen molar-refractivity contribution >= 4 is 46.3 Å². The van der Waals surface area contributed by atoms with Crippen molar-refractivity contribution in [2.24, 2.45) is 17.3 Å². The van der Waals surface area contributed by atoms with Gasteiger partial charge in [0.15, 0.2) is 17.4 Å². The molecule has 36 heavy (non-hydrogen) atoms. The van der Waals surface area contributed by atoms with Crippen LogP contribution in [0.15, 0.2) is 30.0 Å². The van der Waals surface area contributed by atoms with Crippen molar-refractivity contribution in [3.8, 4) is 5.75 Å². The number of anilines is 3. The number of amides is 1. The number of benzene rings is 1. The number of rotatable bonds is 7. The molecule has 0 saturated heterocycles. The topological polar surface area (TPSA) is 125 Å². The molecule has 2 atom stereocenters. The molecule has 0 radical (unpaired) electrons. The fourth-order valence-electron chi connectivity index (χ4n) is 3.93. The summed E-state index contributed by atoms with van der Waals surface area (Å²) in [4.78, 5) is 23.2. The highest BCUT2D eigenvalue weighted by molar-refractivity contribution is 6.99. The minimum absolute atomic E-state index is 0.172. The Balaban J connectivity index is 1.74. The molecule has 0 aliphatic carbocycles. The summed E-state index contributed by atoms with van der Waals surface area (Å²) in [6.45, 7) is 11.4. The first kappa shape index (κ1) is 25.6. The van der Waals surface area contributed by atoms with Crippen LogP contribution in [-0.4, -0.2) is 61.4 Å². The Morgan fingerprint density at radius 2 is 1.83 bits per heavy atom. The third-order valence-corrected chi connectivity index (χ3v) is 6.66. The average Bonchev–Trinajstić information content (AvgIpc) is 3.46. The number of aromatic hydroxyl groups is 1. The van der Waals surface area contributed by atoms with Crippen molar-refractivity contribution in [1.29, 1.82) is 0 Å². The van der Waals surface area contributed by atoms with Gasteiger partial charge in [-0.1, -0.05) is 40.7 Å². The number of phenolic OH excluding ortho intramolecular Hbond substituents is 1. The Morgan fingerprint density at radius 1 is 1.17 bits per heavy atom. The standard InChI is InChI=1S/C25H33N7O3S/c1-13(2)14-11-17(35-12-14)19(25(3,4)5)27-21-20(28-22-23(29-21)31-36-30-22)26-16-10-8-9-15(18(16)33)24(34)32(6)7/h8-11,13-14,19,33H,12H2,1-7H3,(H,26,28,30)(H,27,29,31)/t14?,19-/m0/s1. The number of hydrogen-bond acceptors (Lipinski definition) is 10. The maximum absolute atomic E-state index is 12.5. The quantitative estimate of drug-likeness (QED) is 0.389. The van der Waals surface area contributed by atoms with E-state index >= 15 is 0 Å². The van der Waals surface area contributed by atoms with Crippen molar-refractivity contribution in [1.82, 2.24) is 23.6 Å². The molecule has 1 unspecified atom stereocenters. The zero-order valence-corrected chi connectivity index (χ0v) is 22.5. The molecule has 3 heterocycles. The fraction of sp³-hybridized carbons (Fsp3) is 0.480. The number of aromatic nitrogens is 4. The van der Waals surface area contributed by atoms with E-state index in [0.29, 0.717) is 47.1 Å². The van der Waals surface area contributed by atoms with E-state index in [-0.39, 0.29) is 28.7 Å².